The number of nitrogens with zero attached hydrogens (tertiary/aromatic N) is 4. The Kier molecular flexibility index (Phi) is 8.08. The third kappa shape index (κ3) is 5.38. The Morgan fingerprint density at radius 3 is 2.91 bits per heavy atom. The van der Waals surface area contributed by atoms with Crippen molar-refractivity contribution in [3.8, 4) is 0 Å². The van der Waals surface area contributed by atoms with Crippen LogP contribution in [-0.2, 0) is 24.3 Å². The molecule has 0 aliphatic carbocycles. The Morgan fingerprint density at radius 1 is 1.50 bits per heavy atom. The zero-order chi connectivity index (χ0) is 15.2. The van der Waals surface area contributed by atoms with Crippen molar-refractivity contribution < 1.29 is 4.74 Å². The second kappa shape index (κ2) is 9.29. The number of aromatic nitrogens is 3. The summed E-state index contributed by atoms with van der Waals surface area (Å²) in [6.07, 6.45) is 1.96. The lowest BCUT2D eigenvalue weighted by atomic mass is 10.1. The van der Waals surface area contributed by atoms with Crippen LogP contribution >= 0.6 is 24.0 Å². The molecule has 0 saturated heterocycles. The van der Waals surface area contributed by atoms with Crippen molar-refractivity contribution in [3.05, 3.63) is 11.6 Å². The van der Waals surface area contributed by atoms with Crippen LogP contribution < -0.4 is 10.6 Å². The summed E-state index contributed by atoms with van der Waals surface area (Å²) in [5.74, 6) is 3.25. The molecule has 1 atom stereocenters. The largest absolute Gasteiger partial charge is 0.377 e. The van der Waals surface area contributed by atoms with Gasteiger partial charge in [0.05, 0.1) is 6.54 Å². The van der Waals surface area contributed by atoms with Crippen LogP contribution in [0, 0.1) is 5.92 Å². The minimum absolute atomic E-state index is 0. The smallest absolute Gasteiger partial charge is 0.191 e. The maximum absolute atomic E-state index is 5.09. The molecule has 0 spiro atoms. The first-order chi connectivity index (χ1) is 10.1. The fourth-order valence-corrected chi connectivity index (χ4v) is 2.36. The number of hydrogen-bond donors (Lipinski definition) is 2. The van der Waals surface area contributed by atoms with E-state index in [0.717, 1.165) is 43.5 Å². The Balaban J connectivity index is 0.00000242. The van der Waals surface area contributed by atoms with Crippen LogP contribution in [-0.4, -0.2) is 47.5 Å². The monoisotopic (exact) mass is 422 g/mol. The van der Waals surface area contributed by atoms with Crippen LogP contribution in [0.15, 0.2) is 4.99 Å². The lowest BCUT2D eigenvalue weighted by Crippen LogP contribution is -2.47. The van der Waals surface area contributed by atoms with Gasteiger partial charge in [-0.1, -0.05) is 13.8 Å². The molecule has 22 heavy (non-hydrogen) atoms. The number of nitrogens with one attached hydrogen (secondary N) is 2. The molecule has 1 aliphatic heterocycles. The van der Waals surface area contributed by atoms with E-state index in [4.69, 9.17) is 4.74 Å². The molecule has 1 aromatic rings. The van der Waals surface area contributed by atoms with Crippen LogP contribution in [0.3, 0.4) is 0 Å². The van der Waals surface area contributed by atoms with Gasteiger partial charge >= 0.3 is 0 Å². The van der Waals surface area contributed by atoms with Gasteiger partial charge in [0.2, 0.25) is 0 Å². The first-order valence-electron chi connectivity index (χ1n) is 7.51. The van der Waals surface area contributed by atoms with E-state index in [1.54, 1.807) is 14.2 Å². The highest BCUT2D eigenvalue weighted by Crippen LogP contribution is 2.13. The van der Waals surface area contributed by atoms with Crippen LogP contribution in [0.5, 0.6) is 0 Å². The lowest BCUT2D eigenvalue weighted by molar-refractivity contribution is 0.177. The molecule has 7 nitrogen and oxygen atoms in total. The summed E-state index contributed by atoms with van der Waals surface area (Å²) < 4.78 is 7.06. The first kappa shape index (κ1) is 19.1. The standard InChI is InChI=1S/C14H26N6O.HI/c1-10(2)7-16-14(15-3)17-11-5-6-13-18-12(9-21-4)19-20(13)8-11;/h10-11H,5-9H2,1-4H3,(H2,15,16,17);1H. The highest BCUT2D eigenvalue weighted by molar-refractivity contribution is 14.0. The highest BCUT2D eigenvalue weighted by atomic mass is 127. The van der Waals surface area contributed by atoms with Crippen molar-refractivity contribution in [1.29, 1.82) is 0 Å². The van der Waals surface area contributed by atoms with Gasteiger partial charge in [0.25, 0.3) is 0 Å². The second-order valence-electron chi connectivity index (χ2n) is 5.79. The Bertz CT molecular complexity index is 488. The van der Waals surface area contributed by atoms with Crippen LogP contribution in [0.4, 0.5) is 0 Å². The zero-order valence-electron chi connectivity index (χ0n) is 13.8. The quantitative estimate of drug-likeness (QED) is 0.424. The lowest BCUT2D eigenvalue weighted by Gasteiger charge is -2.25. The van der Waals surface area contributed by atoms with Crippen LogP contribution in [0.25, 0.3) is 0 Å². The predicted octanol–water partition coefficient (Wildman–Crippen LogP) is 1.18. The van der Waals surface area contributed by atoms with E-state index < -0.39 is 0 Å². The van der Waals surface area contributed by atoms with Crippen LogP contribution in [0.1, 0.15) is 31.9 Å². The molecule has 2 rings (SSSR count). The third-order valence-corrected chi connectivity index (χ3v) is 3.42. The Morgan fingerprint density at radius 2 is 2.27 bits per heavy atom. The molecular formula is C14H27IN6O. The average molecular weight is 422 g/mol. The van der Waals surface area contributed by atoms with E-state index in [-0.39, 0.29) is 24.0 Å². The number of hydrogen-bond acceptors (Lipinski definition) is 4. The molecule has 0 fully saturated rings. The van der Waals surface area contributed by atoms with Gasteiger partial charge in [-0.2, -0.15) is 5.10 Å². The van der Waals surface area contributed by atoms with Crippen molar-refractivity contribution in [2.75, 3.05) is 20.7 Å². The number of fused-ring (bicyclic) bond motifs is 1. The fraction of sp³-hybridized carbons (Fsp3) is 0.786. The highest BCUT2D eigenvalue weighted by Gasteiger charge is 2.22. The Labute approximate surface area is 149 Å². The van der Waals surface area contributed by atoms with Crippen molar-refractivity contribution in [2.24, 2.45) is 10.9 Å². The number of aryl methyl sites for hydroxylation is 1. The number of guanidine groups is 1. The minimum Gasteiger partial charge on any atom is -0.377 e. The average Bonchev–Trinajstić information content (AvgIpc) is 2.85. The SMILES string of the molecule is CN=C(NCC(C)C)NC1CCc2nc(COC)nn2C1.I. The number of halogens is 1. The van der Waals surface area contributed by atoms with E-state index in [9.17, 15) is 0 Å². The van der Waals surface area contributed by atoms with Crippen LogP contribution in [0.2, 0.25) is 0 Å². The van der Waals surface area contributed by atoms with Gasteiger partial charge in [0, 0.05) is 33.2 Å². The third-order valence-electron chi connectivity index (χ3n) is 3.42. The summed E-state index contributed by atoms with van der Waals surface area (Å²) in [5.41, 5.74) is 0. The number of ether oxygens (including phenoxy) is 1. The number of aliphatic imine (C=N–C) groups is 1. The summed E-state index contributed by atoms with van der Waals surface area (Å²) >= 11 is 0. The van der Waals surface area contributed by atoms with Crippen molar-refractivity contribution in [3.63, 3.8) is 0 Å². The van der Waals surface area contributed by atoms with Gasteiger partial charge in [-0.05, 0) is 12.3 Å². The van der Waals surface area contributed by atoms with Crippen molar-refractivity contribution in [1.82, 2.24) is 25.4 Å². The molecule has 8 heteroatoms. The van der Waals surface area contributed by atoms with E-state index in [0.29, 0.717) is 18.6 Å². The molecule has 0 aromatic carbocycles. The molecule has 126 valence electrons. The maximum Gasteiger partial charge on any atom is 0.191 e. The van der Waals surface area contributed by atoms with E-state index >= 15 is 0 Å². The molecule has 1 aromatic heterocycles. The molecule has 0 radical (unpaired) electrons. The summed E-state index contributed by atoms with van der Waals surface area (Å²) in [6.45, 7) is 6.56. The minimum atomic E-state index is 0. The Hall–Kier alpha value is -0.900. The molecule has 0 saturated carbocycles. The molecule has 1 aliphatic rings. The molecule has 0 amide bonds. The molecule has 1 unspecified atom stereocenters. The molecule has 2 N–H and O–H groups in total. The normalized spacial score (nSPS) is 17.9. The first-order valence-corrected chi connectivity index (χ1v) is 7.51. The van der Waals surface area contributed by atoms with E-state index in [1.165, 1.54) is 0 Å². The molecular weight excluding hydrogens is 395 g/mol. The predicted molar refractivity (Wildman–Crippen MR) is 97.6 cm³/mol. The van der Waals surface area contributed by atoms with Gasteiger partial charge < -0.3 is 15.4 Å². The number of rotatable bonds is 5. The maximum atomic E-state index is 5.09. The summed E-state index contributed by atoms with van der Waals surface area (Å²) in [6, 6.07) is 0.327. The van der Waals surface area contributed by atoms with E-state index in [2.05, 4.69) is 39.6 Å². The van der Waals surface area contributed by atoms with E-state index in [1.807, 2.05) is 4.68 Å². The number of methoxy groups -OCH3 is 1. The molecule has 0 bridgehead atoms. The topological polar surface area (TPSA) is 76.4 Å². The van der Waals surface area contributed by atoms with Gasteiger partial charge in [0.15, 0.2) is 11.8 Å². The summed E-state index contributed by atoms with van der Waals surface area (Å²) in [5, 5.41) is 11.3. The van der Waals surface area contributed by atoms with Gasteiger partial charge in [0.1, 0.15) is 12.4 Å². The summed E-state index contributed by atoms with van der Waals surface area (Å²) in [4.78, 5) is 8.76. The second-order valence-corrected chi connectivity index (χ2v) is 5.79. The fourth-order valence-electron chi connectivity index (χ4n) is 2.36. The van der Waals surface area contributed by atoms with Gasteiger partial charge in [-0.25, -0.2) is 9.67 Å². The van der Waals surface area contributed by atoms with Crippen molar-refractivity contribution in [2.45, 2.75) is 45.9 Å². The van der Waals surface area contributed by atoms with Gasteiger partial charge in [-0.15, -0.1) is 24.0 Å². The van der Waals surface area contributed by atoms with Gasteiger partial charge in [-0.3, -0.25) is 4.99 Å². The zero-order valence-corrected chi connectivity index (χ0v) is 16.1. The summed E-state index contributed by atoms with van der Waals surface area (Å²) in [7, 11) is 3.46. The van der Waals surface area contributed by atoms with Crippen molar-refractivity contribution >= 4 is 29.9 Å². The molecule has 2 heterocycles.